The van der Waals surface area contributed by atoms with E-state index in [-0.39, 0.29) is 37.2 Å². The highest BCUT2D eigenvalue weighted by Crippen LogP contribution is 2.39. The quantitative estimate of drug-likeness (QED) is 0.127. The van der Waals surface area contributed by atoms with E-state index in [2.05, 4.69) is 15.6 Å². The van der Waals surface area contributed by atoms with E-state index < -0.39 is 43.4 Å². The normalized spacial score (nSPS) is 13.8. The zero-order chi connectivity index (χ0) is 35.0. The molecule has 0 radical (unpaired) electrons. The van der Waals surface area contributed by atoms with Gasteiger partial charge in [-0.05, 0) is 52.0 Å². The summed E-state index contributed by atoms with van der Waals surface area (Å²) < 4.78 is 5.38. The summed E-state index contributed by atoms with van der Waals surface area (Å²) in [5, 5.41) is 20.0. The van der Waals surface area contributed by atoms with Crippen LogP contribution in [0.15, 0.2) is 103 Å². The smallest absolute Gasteiger partial charge is 0.411 e. The van der Waals surface area contributed by atoms with Crippen molar-refractivity contribution in [2.24, 2.45) is 11.8 Å². The van der Waals surface area contributed by atoms with Crippen molar-refractivity contribution in [3.8, 4) is 0 Å². The van der Waals surface area contributed by atoms with Gasteiger partial charge in [0.25, 0.3) is 0 Å². The number of alkyl carbamates (subject to hydrolysis) is 1. The first-order valence-electron chi connectivity index (χ1n) is 16.2. The number of aromatic amines is 1. The second kappa shape index (κ2) is 16.0. The molecule has 0 fully saturated rings. The molecule has 1 aromatic heterocycles. The molecule has 0 aliphatic carbocycles. The van der Waals surface area contributed by atoms with Gasteiger partial charge in [-0.2, -0.15) is 0 Å². The molecule has 49 heavy (non-hydrogen) atoms. The van der Waals surface area contributed by atoms with Crippen LogP contribution in [0.5, 0.6) is 0 Å². The Morgan fingerprint density at radius 1 is 0.898 bits per heavy atom. The molecule has 0 saturated heterocycles. The van der Waals surface area contributed by atoms with E-state index in [1.165, 1.54) is 0 Å². The standard InChI is InChI=1S/C38H41N3O7P/c1-25(2)18-31(36(42)40-34(37(43)44)21-30-22-39-33-15-9-8-14-32(30)33)24-49(46,47)35(41-38(45)48-23-26-10-4-3-5-11-26)20-27-16-17-28-12-6-7-13-29(28)19-27/h3-17,19,22,25,31,34,39H,18,20-21,23-24H2,1-2H3,(H4-,40,41,42,43,44,45,46,47)/q-1/p-1/t31?,34-/m0/s1. The van der Waals surface area contributed by atoms with Gasteiger partial charge in [0.15, 0.2) is 0 Å². The molecule has 2 amide bonds. The molecule has 256 valence electrons. The van der Waals surface area contributed by atoms with Crippen LogP contribution in [0.1, 0.15) is 37.0 Å². The van der Waals surface area contributed by atoms with Crippen molar-refractivity contribution in [1.82, 2.24) is 15.6 Å². The lowest BCUT2D eigenvalue weighted by Crippen LogP contribution is -2.51. The lowest BCUT2D eigenvalue weighted by atomic mass is 9.97. The monoisotopic (exact) mass is 681 g/mol. The molecule has 0 spiro atoms. The average Bonchev–Trinajstić information content (AvgIpc) is 3.49. The molecule has 1 heterocycles. The maximum absolute atomic E-state index is 14.2. The third-order valence-corrected chi connectivity index (χ3v) is 10.4. The number of carboxylic acids is 1. The number of amides is 2. The van der Waals surface area contributed by atoms with Gasteiger partial charge in [-0.25, -0.2) is 4.79 Å². The Hall–Kier alpha value is -4.89. The second-order valence-corrected chi connectivity index (χ2v) is 15.0. The van der Waals surface area contributed by atoms with Gasteiger partial charge in [0.2, 0.25) is 5.91 Å². The van der Waals surface area contributed by atoms with Crippen LogP contribution in [0.25, 0.3) is 21.7 Å². The first-order valence-corrected chi connectivity index (χ1v) is 18.0. The Morgan fingerprint density at radius 3 is 2.33 bits per heavy atom. The molecule has 0 saturated carbocycles. The third kappa shape index (κ3) is 9.60. The fourth-order valence-corrected chi connectivity index (χ4v) is 7.75. The van der Waals surface area contributed by atoms with E-state index in [0.29, 0.717) is 11.1 Å². The van der Waals surface area contributed by atoms with Gasteiger partial charge < -0.3 is 34.7 Å². The molecule has 11 heteroatoms. The number of ether oxygens (including phenoxy) is 1. The third-order valence-electron chi connectivity index (χ3n) is 8.36. The van der Waals surface area contributed by atoms with Crippen LogP contribution < -0.4 is 20.6 Å². The number of benzene rings is 4. The minimum atomic E-state index is -4.42. The van der Waals surface area contributed by atoms with Gasteiger partial charge in [-0.15, -0.1) is 0 Å². The van der Waals surface area contributed by atoms with Gasteiger partial charge in [-0.1, -0.05) is 112 Å². The number of aromatic nitrogens is 1. The summed E-state index contributed by atoms with van der Waals surface area (Å²) in [6.45, 7) is 3.68. The fourth-order valence-electron chi connectivity index (χ4n) is 5.92. The van der Waals surface area contributed by atoms with Crippen molar-refractivity contribution in [3.63, 3.8) is 0 Å². The molecule has 5 rings (SSSR count). The van der Waals surface area contributed by atoms with Gasteiger partial charge >= 0.3 is 6.09 Å². The molecule has 4 N–H and O–H groups in total. The predicted octanol–water partition coefficient (Wildman–Crippen LogP) is 4.26. The average molecular weight is 682 g/mol. The zero-order valence-electron chi connectivity index (χ0n) is 27.4. The number of rotatable bonds is 14. The maximum atomic E-state index is 14.2. The fraction of sp³-hybridized carbons (Fsp3) is 0.263. The van der Waals surface area contributed by atoms with Gasteiger partial charge in [0.05, 0.1) is 12.0 Å². The summed E-state index contributed by atoms with van der Waals surface area (Å²) in [7, 11) is -4.42. The first-order chi connectivity index (χ1) is 23.5. The molecule has 3 atom stereocenters. The highest BCUT2D eigenvalue weighted by atomic mass is 31.2. The number of hydrogen-bond donors (Lipinski definition) is 4. The number of H-pyrrole nitrogens is 1. The molecule has 10 nitrogen and oxygen atoms in total. The zero-order valence-corrected chi connectivity index (χ0v) is 28.3. The number of para-hydroxylation sites is 1. The van der Waals surface area contributed by atoms with Crippen LogP contribution >= 0.6 is 7.34 Å². The van der Waals surface area contributed by atoms with Gasteiger partial charge in [0, 0.05) is 41.3 Å². The van der Waals surface area contributed by atoms with Crippen molar-refractivity contribution < 1.29 is 34.0 Å². The van der Waals surface area contributed by atoms with E-state index in [0.717, 1.165) is 27.2 Å². The number of hydrogen-bond acceptors (Lipinski definition) is 7. The van der Waals surface area contributed by atoms with Crippen molar-refractivity contribution in [3.05, 3.63) is 120 Å². The van der Waals surface area contributed by atoms with Crippen molar-refractivity contribution in [2.45, 2.75) is 45.8 Å². The number of carbonyl (C=O) groups excluding carboxylic acids is 3. The summed E-state index contributed by atoms with van der Waals surface area (Å²) in [4.78, 5) is 67.9. The number of nitrogens with one attached hydrogen (secondary N) is 3. The van der Waals surface area contributed by atoms with E-state index >= 15 is 0 Å². The Kier molecular flexibility index (Phi) is 11.6. The number of fused-ring (bicyclic) bond motifs is 2. The molecule has 0 bridgehead atoms. The van der Waals surface area contributed by atoms with Crippen LogP contribution in [0.3, 0.4) is 0 Å². The number of aliphatic carboxylic acids is 1. The van der Waals surface area contributed by atoms with Crippen molar-refractivity contribution in [2.75, 3.05) is 6.16 Å². The minimum Gasteiger partial charge on any atom is -0.808 e. The first kappa shape index (κ1) is 35.4. The minimum absolute atomic E-state index is 0.0442. The maximum Gasteiger partial charge on any atom is 0.411 e. The highest BCUT2D eigenvalue weighted by Gasteiger charge is 2.27. The molecular weight excluding hydrogens is 641 g/mol. The van der Waals surface area contributed by atoms with Crippen LogP contribution in [0.4, 0.5) is 4.79 Å². The lowest BCUT2D eigenvalue weighted by molar-refractivity contribution is -0.308. The van der Waals surface area contributed by atoms with Gasteiger partial charge in [0.1, 0.15) is 6.61 Å². The van der Waals surface area contributed by atoms with Crippen LogP contribution in [0, 0.1) is 11.8 Å². The summed E-state index contributed by atoms with van der Waals surface area (Å²) in [5.41, 5.74) is 2.74. The molecule has 5 aromatic rings. The SMILES string of the molecule is CC(C)CC(CP([O-])(O)=C(Cc1ccc2ccccc2c1)NC(=O)OCc1ccccc1)C(=O)N[C@@H](Cc1c[nH]c2ccccc12)C(=O)[O-]. The van der Waals surface area contributed by atoms with Crippen molar-refractivity contribution >= 4 is 52.4 Å². The topological polar surface area (TPSA) is 167 Å². The van der Waals surface area contributed by atoms with E-state index in [1.807, 2.05) is 86.6 Å². The number of carbonyl (C=O) groups is 3. The Morgan fingerprint density at radius 2 is 1.59 bits per heavy atom. The Bertz CT molecular complexity index is 1980. The van der Waals surface area contributed by atoms with E-state index in [9.17, 15) is 29.3 Å². The highest BCUT2D eigenvalue weighted by molar-refractivity contribution is 7.64. The van der Waals surface area contributed by atoms with E-state index in [1.54, 1.807) is 30.5 Å². The van der Waals surface area contributed by atoms with E-state index in [4.69, 9.17) is 4.74 Å². The summed E-state index contributed by atoms with van der Waals surface area (Å²) in [6, 6.07) is 28.3. The molecule has 2 unspecified atom stereocenters. The Balaban J connectivity index is 1.41. The summed E-state index contributed by atoms with van der Waals surface area (Å²) in [6.07, 6.45) is 0.331. The predicted molar refractivity (Wildman–Crippen MR) is 188 cm³/mol. The van der Waals surface area contributed by atoms with Crippen LogP contribution in [-0.4, -0.2) is 45.5 Å². The molecule has 0 aliphatic heterocycles. The Labute approximate surface area is 285 Å². The molecule has 0 aliphatic rings. The summed E-state index contributed by atoms with van der Waals surface area (Å²) in [5.74, 6) is -3.28. The second-order valence-electron chi connectivity index (χ2n) is 12.6. The van der Waals surface area contributed by atoms with Crippen LogP contribution in [0.2, 0.25) is 0 Å². The largest absolute Gasteiger partial charge is 0.808 e. The van der Waals surface area contributed by atoms with Crippen LogP contribution in [-0.2, 0) is 33.8 Å². The van der Waals surface area contributed by atoms with Gasteiger partial charge in [-0.3, -0.25) is 10.1 Å². The molecule has 4 aromatic carbocycles. The molecular formula is C38H40N3O7P-2. The number of carboxylic acid groups (broad SMARTS) is 1. The lowest BCUT2D eigenvalue weighted by Gasteiger charge is -2.35. The van der Waals surface area contributed by atoms with Crippen molar-refractivity contribution in [1.29, 1.82) is 0 Å². The summed E-state index contributed by atoms with van der Waals surface area (Å²) >= 11 is 0.